The van der Waals surface area contributed by atoms with Crippen LogP contribution in [0.1, 0.15) is 58.3 Å². The topological polar surface area (TPSA) is 40.5 Å². The molecular weight excluding hydrogens is 238 g/mol. The van der Waals surface area contributed by atoms with Crippen molar-refractivity contribution in [2.45, 2.75) is 63.9 Å². The van der Waals surface area contributed by atoms with E-state index in [4.69, 9.17) is 0 Å². The quantitative estimate of drug-likeness (QED) is 0.791. The number of carbonyl (C=O) groups is 1. The van der Waals surface area contributed by atoms with Gasteiger partial charge in [-0.2, -0.15) is 0 Å². The van der Waals surface area contributed by atoms with Gasteiger partial charge in [-0.25, -0.2) is 0 Å². The van der Waals surface area contributed by atoms with Crippen molar-refractivity contribution in [1.29, 1.82) is 0 Å². The molecule has 4 atom stereocenters. The molecule has 108 valence electrons. The number of hydrogen-bond donors (Lipinski definition) is 1. The first kappa shape index (κ1) is 13.4. The fourth-order valence-corrected chi connectivity index (χ4v) is 4.52. The summed E-state index contributed by atoms with van der Waals surface area (Å²) in [6.45, 7) is 3.80. The molecule has 0 spiro atoms. The summed E-state index contributed by atoms with van der Waals surface area (Å²) in [7, 11) is 0. The summed E-state index contributed by atoms with van der Waals surface area (Å²) < 4.78 is 0. The Morgan fingerprint density at radius 3 is 2.74 bits per heavy atom. The van der Waals surface area contributed by atoms with Crippen LogP contribution < -0.4 is 0 Å². The summed E-state index contributed by atoms with van der Waals surface area (Å²) >= 11 is 0. The fourth-order valence-electron chi connectivity index (χ4n) is 4.52. The minimum atomic E-state index is -0.462. The molecule has 19 heavy (non-hydrogen) atoms. The van der Waals surface area contributed by atoms with Crippen molar-refractivity contribution in [3.8, 4) is 0 Å². The Labute approximate surface area is 116 Å². The predicted octanol–water partition coefficient (Wildman–Crippen LogP) is 2.58. The molecule has 3 nitrogen and oxygen atoms in total. The number of fused-ring (bicyclic) bond motifs is 1. The number of likely N-dealkylation sites (tertiary alicyclic amines) is 1. The van der Waals surface area contributed by atoms with Crippen molar-refractivity contribution in [2.75, 3.05) is 13.1 Å². The summed E-state index contributed by atoms with van der Waals surface area (Å²) in [5, 5.41) is 10.7. The van der Waals surface area contributed by atoms with Gasteiger partial charge >= 0.3 is 0 Å². The largest absolute Gasteiger partial charge is 0.389 e. The van der Waals surface area contributed by atoms with Crippen LogP contribution in [0.2, 0.25) is 0 Å². The minimum absolute atomic E-state index is 0.259. The van der Waals surface area contributed by atoms with Crippen molar-refractivity contribution in [2.24, 2.45) is 17.8 Å². The third-order valence-electron chi connectivity index (χ3n) is 5.92. The smallest absolute Gasteiger partial charge is 0.225 e. The molecular formula is C16H27NO2. The molecule has 4 unspecified atom stereocenters. The van der Waals surface area contributed by atoms with E-state index in [2.05, 4.69) is 11.8 Å². The van der Waals surface area contributed by atoms with Gasteiger partial charge in [-0.1, -0.05) is 26.2 Å². The molecule has 3 rings (SSSR count). The molecule has 0 aromatic rings. The zero-order valence-corrected chi connectivity index (χ0v) is 12.1. The normalized spacial score (nSPS) is 43.1. The van der Waals surface area contributed by atoms with E-state index in [1.165, 1.54) is 19.3 Å². The number of hydrogen-bond acceptors (Lipinski definition) is 2. The molecule has 0 aromatic carbocycles. The minimum Gasteiger partial charge on any atom is -0.389 e. The Balaban J connectivity index is 1.65. The summed E-state index contributed by atoms with van der Waals surface area (Å²) in [6, 6.07) is 0. The van der Waals surface area contributed by atoms with Crippen molar-refractivity contribution in [3.05, 3.63) is 0 Å². The number of piperidine rings is 1. The molecule has 3 aliphatic rings. The van der Waals surface area contributed by atoms with Crippen LogP contribution in [0.4, 0.5) is 0 Å². The van der Waals surface area contributed by atoms with Gasteiger partial charge in [0.2, 0.25) is 5.91 Å². The van der Waals surface area contributed by atoms with Crippen LogP contribution in [0.3, 0.4) is 0 Å². The van der Waals surface area contributed by atoms with Crippen LogP contribution in [-0.2, 0) is 4.79 Å². The van der Waals surface area contributed by atoms with Gasteiger partial charge in [0, 0.05) is 24.9 Å². The number of carbonyl (C=O) groups excluding carboxylic acids is 1. The third kappa shape index (κ3) is 2.42. The molecule has 1 saturated heterocycles. The van der Waals surface area contributed by atoms with E-state index in [0.29, 0.717) is 17.7 Å². The Bertz CT molecular complexity index is 357. The summed E-state index contributed by atoms with van der Waals surface area (Å²) in [5.41, 5.74) is -0.462. The second kappa shape index (κ2) is 5.08. The van der Waals surface area contributed by atoms with Crippen LogP contribution >= 0.6 is 0 Å². The number of amides is 1. The predicted molar refractivity (Wildman–Crippen MR) is 74.6 cm³/mol. The second-order valence-electron chi connectivity index (χ2n) is 7.10. The first-order chi connectivity index (χ1) is 9.10. The molecule has 0 bridgehead atoms. The van der Waals surface area contributed by atoms with Crippen LogP contribution in [-0.4, -0.2) is 34.6 Å². The lowest BCUT2D eigenvalue weighted by Gasteiger charge is -2.48. The number of aliphatic hydroxyl groups is 1. The van der Waals surface area contributed by atoms with E-state index in [1.54, 1.807) is 0 Å². The van der Waals surface area contributed by atoms with E-state index in [-0.39, 0.29) is 5.92 Å². The van der Waals surface area contributed by atoms with E-state index in [9.17, 15) is 9.90 Å². The lowest BCUT2D eigenvalue weighted by Crippen LogP contribution is -2.55. The second-order valence-corrected chi connectivity index (χ2v) is 7.10. The van der Waals surface area contributed by atoms with Gasteiger partial charge in [-0.05, 0) is 38.0 Å². The third-order valence-corrected chi connectivity index (χ3v) is 5.92. The highest BCUT2D eigenvalue weighted by Crippen LogP contribution is 2.41. The summed E-state index contributed by atoms with van der Waals surface area (Å²) in [4.78, 5) is 14.7. The standard InChI is InChI=1S/C16H27NO2/c1-12-5-4-7-14(12)15(18)17-10-9-16(19)8-3-2-6-13(16)11-17/h12-14,19H,2-11H2,1H3. The maximum absolute atomic E-state index is 12.6. The lowest BCUT2D eigenvalue weighted by molar-refractivity contribution is -0.148. The van der Waals surface area contributed by atoms with E-state index in [0.717, 1.165) is 45.2 Å². The Morgan fingerprint density at radius 1 is 1.16 bits per heavy atom. The zero-order valence-electron chi connectivity index (χ0n) is 12.1. The molecule has 1 heterocycles. The molecule has 0 radical (unpaired) electrons. The van der Waals surface area contributed by atoms with Crippen molar-refractivity contribution in [1.82, 2.24) is 4.90 Å². The van der Waals surface area contributed by atoms with Crippen LogP contribution in [0.15, 0.2) is 0 Å². The molecule has 2 saturated carbocycles. The average Bonchev–Trinajstić information content (AvgIpc) is 2.83. The van der Waals surface area contributed by atoms with Gasteiger partial charge < -0.3 is 10.0 Å². The van der Waals surface area contributed by atoms with Gasteiger partial charge in [0.15, 0.2) is 0 Å². The average molecular weight is 265 g/mol. The van der Waals surface area contributed by atoms with Crippen LogP contribution in [0.5, 0.6) is 0 Å². The van der Waals surface area contributed by atoms with E-state index >= 15 is 0 Å². The van der Waals surface area contributed by atoms with Crippen molar-refractivity contribution in [3.63, 3.8) is 0 Å². The molecule has 1 amide bonds. The van der Waals surface area contributed by atoms with Crippen LogP contribution in [0.25, 0.3) is 0 Å². The highest BCUT2D eigenvalue weighted by molar-refractivity contribution is 5.79. The highest BCUT2D eigenvalue weighted by Gasteiger charge is 2.45. The maximum atomic E-state index is 12.6. The van der Waals surface area contributed by atoms with Gasteiger partial charge in [0.25, 0.3) is 0 Å². The highest BCUT2D eigenvalue weighted by atomic mass is 16.3. The Hall–Kier alpha value is -0.570. The number of rotatable bonds is 1. The molecule has 1 N–H and O–H groups in total. The number of nitrogens with zero attached hydrogens (tertiary/aromatic N) is 1. The van der Waals surface area contributed by atoms with Crippen molar-refractivity contribution >= 4 is 5.91 Å². The summed E-state index contributed by atoms with van der Waals surface area (Å²) in [5.74, 6) is 1.52. The van der Waals surface area contributed by atoms with Gasteiger partial charge in [-0.15, -0.1) is 0 Å². The first-order valence-electron chi connectivity index (χ1n) is 8.11. The molecule has 3 heteroatoms. The molecule has 1 aliphatic heterocycles. The van der Waals surface area contributed by atoms with E-state index in [1.807, 2.05) is 0 Å². The first-order valence-corrected chi connectivity index (χ1v) is 8.11. The maximum Gasteiger partial charge on any atom is 0.225 e. The lowest BCUT2D eigenvalue weighted by atomic mass is 9.71. The Kier molecular flexibility index (Phi) is 3.59. The van der Waals surface area contributed by atoms with E-state index < -0.39 is 5.60 Å². The van der Waals surface area contributed by atoms with Gasteiger partial charge in [0.05, 0.1) is 5.60 Å². The Morgan fingerprint density at radius 2 is 2.00 bits per heavy atom. The SMILES string of the molecule is CC1CCCC1C(=O)N1CCC2(O)CCCCC2C1. The zero-order chi connectivity index (χ0) is 13.5. The van der Waals surface area contributed by atoms with Gasteiger partial charge in [-0.3, -0.25) is 4.79 Å². The molecule has 0 aromatic heterocycles. The molecule has 2 aliphatic carbocycles. The fraction of sp³-hybridized carbons (Fsp3) is 0.938. The van der Waals surface area contributed by atoms with Crippen molar-refractivity contribution < 1.29 is 9.90 Å². The van der Waals surface area contributed by atoms with Gasteiger partial charge in [0.1, 0.15) is 0 Å². The molecule has 3 fully saturated rings. The monoisotopic (exact) mass is 265 g/mol. The summed E-state index contributed by atoms with van der Waals surface area (Å²) in [6.07, 6.45) is 8.70. The van der Waals surface area contributed by atoms with Crippen LogP contribution in [0, 0.1) is 17.8 Å².